The van der Waals surface area contributed by atoms with Gasteiger partial charge in [0.15, 0.2) is 11.6 Å². The molecule has 0 radical (unpaired) electrons. The molecule has 140 valence electrons. The summed E-state index contributed by atoms with van der Waals surface area (Å²) in [6.07, 6.45) is 0. The third kappa shape index (κ3) is 2.14. The van der Waals surface area contributed by atoms with Crippen molar-refractivity contribution >= 4 is 28.9 Å². The van der Waals surface area contributed by atoms with Crippen LogP contribution in [0.4, 0.5) is 11.4 Å². The number of carbonyl (C=O) groups is 1. The minimum atomic E-state index is -1.26. The summed E-state index contributed by atoms with van der Waals surface area (Å²) in [5.74, 6) is 0.956. The maximum absolute atomic E-state index is 13.3. The number of rotatable bonds is 1. The Balaban J connectivity index is 1.68. The molecule has 1 spiro atoms. The third-order valence-corrected chi connectivity index (χ3v) is 5.62. The zero-order chi connectivity index (χ0) is 19.6. The summed E-state index contributed by atoms with van der Waals surface area (Å²) in [7, 11) is 0. The van der Waals surface area contributed by atoms with E-state index < -0.39 is 5.66 Å². The predicted molar refractivity (Wildman–Crippen MR) is 112 cm³/mol. The SMILES string of the molecule is O=C1Nc2ccc(Cl)cc2[C@]12Nc1ccccc1-c1nc(-c3ccccc3)nn12. The van der Waals surface area contributed by atoms with E-state index >= 15 is 0 Å². The molecule has 1 atom stereocenters. The van der Waals surface area contributed by atoms with Gasteiger partial charge in [0.2, 0.25) is 5.66 Å². The summed E-state index contributed by atoms with van der Waals surface area (Å²) in [4.78, 5) is 18.1. The number of aromatic nitrogens is 3. The normalized spacial score (nSPS) is 18.6. The van der Waals surface area contributed by atoms with Crippen molar-refractivity contribution in [2.45, 2.75) is 5.66 Å². The average molecular weight is 400 g/mol. The maximum atomic E-state index is 13.3. The van der Waals surface area contributed by atoms with Crippen LogP contribution in [0.1, 0.15) is 5.56 Å². The second-order valence-corrected chi connectivity index (χ2v) is 7.50. The van der Waals surface area contributed by atoms with E-state index in [2.05, 4.69) is 10.6 Å². The summed E-state index contributed by atoms with van der Waals surface area (Å²) < 4.78 is 1.68. The largest absolute Gasteiger partial charge is 0.349 e. The Bertz CT molecular complexity index is 1300. The molecule has 0 bridgehead atoms. The Morgan fingerprint density at radius 1 is 0.931 bits per heavy atom. The van der Waals surface area contributed by atoms with Gasteiger partial charge in [0.1, 0.15) is 0 Å². The number of halogens is 1. The van der Waals surface area contributed by atoms with Crippen molar-refractivity contribution in [2.24, 2.45) is 0 Å². The van der Waals surface area contributed by atoms with Crippen LogP contribution in [-0.4, -0.2) is 20.7 Å². The summed E-state index contributed by atoms with van der Waals surface area (Å²) in [6.45, 7) is 0. The number of nitrogens with zero attached hydrogens (tertiary/aromatic N) is 3. The summed E-state index contributed by atoms with van der Waals surface area (Å²) in [5.41, 5.74) is 2.74. The van der Waals surface area contributed by atoms with E-state index in [4.69, 9.17) is 21.7 Å². The van der Waals surface area contributed by atoms with Gasteiger partial charge in [-0.1, -0.05) is 54.1 Å². The van der Waals surface area contributed by atoms with Gasteiger partial charge < -0.3 is 10.6 Å². The van der Waals surface area contributed by atoms with Crippen molar-refractivity contribution in [3.05, 3.63) is 83.4 Å². The molecule has 1 aromatic heterocycles. The fourth-order valence-electron chi connectivity index (χ4n) is 4.06. The van der Waals surface area contributed by atoms with E-state index in [9.17, 15) is 4.79 Å². The summed E-state index contributed by atoms with van der Waals surface area (Å²) in [5, 5.41) is 11.7. The van der Waals surface area contributed by atoms with Crippen molar-refractivity contribution in [3.63, 3.8) is 0 Å². The smallest absolute Gasteiger partial charge is 0.278 e. The second kappa shape index (κ2) is 5.68. The van der Waals surface area contributed by atoms with Crippen molar-refractivity contribution in [1.29, 1.82) is 0 Å². The molecule has 2 aliphatic heterocycles. The van der Waals surface area contributed by atoms with E-state index in [0.29, 0.717) is 22.4 Å². The van der Waals surface area contributed by atoms with Crippen LogP contribution >= 0.6 is 11.6 Å². The van der Waals surface area contributed by atoms with Crippen LogP contribution < -0.4 is 10.6 Å². The fourth-order valence-corrected chi connectivity index (χ4v) is 4.23. The first-order valence-corrected chi connectivity index (χ1v) is 9.57. The molecule has 6 nitrogen and oxygen atoms in total. The second-order valence-electron chi connectivity index (χ2n) is 7.06. The molecule has 7 heteroatoms. The molecule has 0 saturated heterocycles. The maximum Gasteiger partial charge on any atom is 0.278 e. The standard InChI is InChI=1S/C22H14ClN5O/c23-14-10-11-18-16(12-14)22(21(29)24-18)26-17-9-5-4-8-15(17)20-25-19(27-28(20)22)13-6-2-1-3-7-13/h1-12,26H,(H,24,29)/t22-/m1/s1. The number of hydrogen-bond acceptors (Lipinski definition) is 4. The fraction of sp³-hybridized carbons (Fsp3) is 0.0455. The minimum Gasteiger partial charge on any atom is -0.349 e. The molecule has 0 unspecified atom stereocenters. The van der Waals surface area contributed by atoms with Crippen LogP contribution in [0, 0.1) is 0 Å². The Morgan fingerprint density at radius 3 is 2.59 bits per heavy atom. The van der Waals surface area contributed by atoms with Crippen molar-refractivity contribution in [1.82, 2.24) is 14.8 Å². The van der Waals surface area contributed by atoms with Crippen molar-refractivity contribution in [2.75, 3.05) is 10.6 Å². The van der Waals surface area contributed by atoms with Gasteiger partial charge in [-0.25, -0.2) is 9.67 Å². The lowest BCUT2D eigenvalue weighted by molar-refractivity contribution is -0.121. The number of benzene rings is 3. The van der Waals surface area contributed by atoms with Crippen LogP contribution in [0.3, 0.4) is 0 Å². The highest BCUT2D eigenvalue weighted by Gasteiger charge is 2.53. The summed E-state index contributed by atoms with van der Waals surface area (Å²) >= 11 is 6.29. The van der Waals surface area contributed by atoms with Crippen molar-refractivity contribution < 1.29 is 4.79 Å². The molecule has 1 amide bonds. The molecule has 2 N–H and O–H groups in total. The molecule has 0 fully saturated rings. The molecule has 4 aromatic rings. The van der Waals surface area contributed by atoms with Crippen LogP contribution in [-0.2, 0) is 10.5 Å². The van der Waals surface area contributed by atoms with Gasteiger partial charge in [-0.15, -0.1) is 5.10 Å². The topological polar surface area (TPSA) is 71.8 Å². The number of carbonyl (C=O) groups excluding carboxylic acids is 1. The Labute approximate surface area is 171 Å². The lowest BCUT2D eigenvalue weighted by Gasteiger charge is -2.35. The highest BCUT2D eigenvalue weighted by Crippen LogP contribution is 2.47. The van der Waals surface area contributed by atoms with Gasteiger partial charge in [0.05, 0.1) is 0 Å². The van der Waals surface area contributed by atoms with Gasteiger partial charge in [0.25, 0.3) is 5.91 Å². The quantitative estimate of drug-likeness (QED) is 0.499. The lowest BCUT2D eigenvalue weighted by Crippen LogP contribution is -2.51. The van der Waals surface area contributed by atoms with E-state index in [1.54, 1.807) is 22.9 Å². The molecule has 2 aliphatic rings. The Morgan fingerprint density at radius 2 is 1.72 bits per heavy atom. The molecule has 0 aliphatic carbocycles. The van der Waals surface area contributed by atoms with Crippen LogP contribution in [0.5, 0.6) is 0 Å². The minimum absolute atomic E-state index is 0.227. The number of anilines is 2. The zero-order valence-electron chi connectivity index (χ0n) is 15.1. The zero-order valence-corrected chi connectivity index (χ0v) is 15.8. The van der Waals surface area contributed by atoms with Crippen LogP contribution in [0.15, 0.2) is 72.8 Å². The van der Waals surface area contributed by atoms with Gasteiger partial charge in [0, 0.05) is 33.1 Å². The Hall–Kier alpha value is -3.64. The number of fused-ring (bicyclic) bond motifs is 6. The van der Waals surface area contributed by atoms with E-state index in [0.717, 1.165) is 22.4 Å². The lowest BCUT2D eigenvalue weighted by atomic mass is 9.96. The number of nitrogens with one attached hydrogen (secondary N) is 2. The van der Waals surface area contributed by atoms with Gasteiger partial charge in [-0.3, -0.25) is 4.79 Å². The monoisotopic (exact) mass is 399 g/mol. The number of para-hydroxylation sites is 1. The number of amides is 1. The third-order valence-electron chi connectivity index (χ3n) is 5.39. The van der Waals surface area contributed by atoms with E-state index in [-0.39, 0.29) is 5.91 Å². The van der Waals surface area contributed by atoms with Gasteiger partial charge in [-0.2, -0.15) is 0 Å². The van der Waals surface area contributed by atoms with Gasteiger partial charge >= 0.3 is 0 Å². The van der Waals surface area contributed by atoms with Crippen LogP contribution in [0.25, 0.3) is 22.8 Å². The first-order chi connectivity index (χ1) is 14.2. The van der Waals surface area contributed by atoms with Crippen LogP contribution in [0.2, 0.25) is 5.02 Å². The molecule has 3 aromatic carbocycles. The van der Waals surface area contributed by atoms with E-state index in [1.165, 1.54) is 0 Å². The number of hydrogen-bond donors (Lipinski definition) is 2. The molecular formula is C22H14ClN5O. The first kappa shape index (κ1) is 16.3. The van der Waals surface area contributed by atoms with Gasteiger partial charge in [-0.05, 0) is 30.3 Å². The molecule has 29 heavy (non-hydrogen) atoms. The first-order valence-electron chi connectivity index (χ1n) is 9.19. The molecule has 0 saturated carbocycles. The van der Waals surface area contributed by atoms with E-state index in [1.807, 2.05) is 54.6 Å². The molecule has 6 rings (SSSR count). The molecular weight excluding hydrogens is 386 g/mol. The van der Waals surface area contributed by atoms with Crippen molar-refractivity contribution in [3.8, 4) is 22.8 Å². The average Bonchev–Trinajstić information content (AvgIpc) is 3.31. The molecule has 3 heterocycles. The summed E-state index contributed by atoms with van der Waals surface area (Å²) in [6, 6.07) is 22.9. The predicted octanol–water partition coefficient (Wildman–Crippen LogP) is 4.34. The Kier molecular flexibility index (Phi) is 3.20. The highest BCUT2D eigenvalue weighted by atomic mass is 35.5. The highest BCUT2D eigenvalue weighted by molar-refractivity contribution is 6.31.